The van der Waals surface area contributed by atoms with Crippen LogP contribution in [0.2, 0.25) is 0 Å². The molecule has 3 nitrogen and oxygen atoms in total. The van der Waals surface area contributed by atoms with Crippen molar-refractivity contribution in [2.24, 2.45) is 0 Å². The molecule has 0 aliphatic heterocycles. The molecule has 0 aliphatic rings. The highest BCUT2D eigenvalue weighted by atomic mass is 127. The van der Waals surface area contributed by atoms with Crippen LogP contribution in [-0.4, -0.2) is 13.7 Å². The third kappa shape index (κ3) is 4.25. The van der Waals surface area contributed by atoms with E-state index in [2.05, 4.69) is 185 Å². The fraction of sp³-hybridized carbons (Fsp3) is 0.0909. The first-order chi connectivity index (χ1) is 23.8. The Balaban J connectivity index is 1.42. The minimum atomic E-state index is 1.17. The average Bonchev–Trinajstić information content (AvgIpc) is 3.80. The molecule has 0 unspecified atom stereocenters. The maximum Gasteiger partial charge on any atom is 0.0804 e. The van der Waals surface area contributed by atoms with Crippen LogP contribution < -0.4 is 0 Å². The predicted molar refractivity (Wildman–Crippen MR) is 219 cm³/mol. The van der Waals surface area contributed by atoms with Crippen LogP contribution in [-0.2, 0) is 0 Å². The van der Waals surface area contributed by atoms with Crippen molar-refractivity contribution in [3.8, 4) is 17.1 Å². The summed E-state index contributed by atoms with van der Waals surface area (Å²) < 4.78 is 11.4. The number of fused-ring (bicyclic) bond motifs is 10. The third-order valence-corrected chi connectivity index (χ3v) is 12.0. The van der Waals surface area contributed by atoms with E-state index in [0.29, 0.717) is 0 Å². The van der Waals surface area contributed by atoms with E-state index in [1.54, 1.807) is 0 Å². The standard InChI is InChI=1S/C44H32IN3S/c1-25-5-13-30(14-6-25)46-37-21-28(4)11-19-33(37)41-42(46)35-24-40-36(23-39(35)47(41)31-15-7-26(2)8-16-31)43-44(49-40)34-20-12-29(45)22-38(34)48(43)32-17-9-27(3)10-18-32/h5-24H,1-4H3. The molecule has 4 aromatic heterocycles. The smallest absolute Gasteiger partial charge is 0.0804 e. The molecule has 0 amide bonds. The monoisotopic (exact) mass is 761 g/mol. The summed E-state index contributed by atoms with van der Waals surface area (Å²) in [5.74, 6) is 0. The lowest BCUT2D eigenvalue weighted by Gasteiger charge is -2.11. The second kappa shape index (κ2) is 10.6. The van der Waals surface area contributed by atoms with Crippen LogP contribution in [0.4, 0.5) is 0 Å². The van der Waals surface area contributed by atoms with Gasteiger partial charge in [0, 0.05) is 46.9 Å². The van der Waals surface area contributed by atoms with Crippen molar-refractivity contribution in [3.05, 3.63) is 147 Å². The summed E-state index contributed by atoms with van der Waals surface area (Å²) in [6.07, 6.45) is 0. The van der Waals surface area contributed by atoms with E-state index < -0.39 is 0 Å². The highest BCUT2D eigenvalue weighted by Gasteiger charge is 2.25. The van der Waals surface area contributed by atoms with E-state index >= 15 is 0 Å². The number of halogens is 1. The molecular weight excluding hydrogens is 729 g/mol. The molecule has 0 radical (unpaired) electrons. The Labute approximate surface area is 301 Å². The molecule has 0 spiro atoms. The lowest BCUT2D eigenvalue weighted by atomic mass is 10.1. The van der Waals surface area contributed by atoms with E-state index in [1.807, 2.05) is 11.3 Å². The van der Waals surface area contributed by atoms with Crippen LogP contribution in [0.3, 0.4) is 0 Å². The Kier molecular flexibility index (Phi) is 6.28. The van der Waals surface area contributed by atoms with Crippen molar-refractivity contribution >= 4 is 98.0 Å². The van der Waals surface area contributed by atoms with Gasteiger partial charge in [0.2, 0.25) is 0 Å². The molecule has 4 heterocycles. The predicted octanol–water partition coefficient (Wildman–Crippen LogP) is 12.9. The van der Waals surface area contributed by atoms with Gasteiger partial charge in [-0.3, -0.25) is 0 Å². The number of aryl methyl sites for hydroxylation is 4. The lowest BCUT2D eigenvalue weighted by Crippen LogP contribution is -1.95. The van der Waals surface area contributed by atoms with E-state index in [4.69, 9.17) is 0 Å². The van der Waals surface area contributed by atoms with Crippen LogP contribution in [0.25, 0.3) is 81.1 Å². The Hall–Kier alpha value is -4.85. The zero-order valence-electron chi connectivity index (χ0n) is 27.7. The Morgan fingerprint density at radius 2 is 0.878 bits per heavy atom. The van der Waals surface area contributed by atoms with Crippen molar-refractivity contribution < 1.29 is 0 Å². The number of rotatable bonds is 3. The van der Waals surface area contributed by atoms with E-state index in [9.17, 15) is 0 Å². The van der Waals surface area contributed by atoms with Crippen molar-refractivity contribution in [1.29, 1.82) is 0 Å². The molecular formula is C44H32IN3S. The first-order valence-corrected chi connectivity index (χ1v) is 18.6. The molecule has 0 aliphatic carbocycles. The summed E-state index contributed by atoms with van der Waals surface area (Å²) in [6, 6.07) is 45.7. The van der Waals surface area contributed by atoms with Crippen LogP contribution in [0.1, 0.15) is 22.3 Å². The zero-order chi connectivity index (χ0) is 33.1. The highest BCUT2D eigenvalue weighted by Crippen LogP contribution is 2.47. The average molecular weight is 762 g/mol. The number of thiophene rings is 1. The van der Waals surface area contributed by atoms with Gasteiger partial charge in [-0.05, 0) is 123 Å². The lowest BCUT2D eigenvalue weighted by molar-refractivity contribution is 1.17. The largest absolute Gasteiger partial charge is 0.308 e. The molecule has 6 aromatic carbocycles. The molecule has 0 bridgehead atoms. The van der Waals surface area contributed by atoms with Crippen LogP contribution in [0, 0.1) is 31.3 Å². The van der Waals surface area contributed by atoms with Gasteiger partial charge in [0.05, 0.1) is 37.8 Å². The van der Waals surface area contributed by atoms with Crippen molar-refractivity contribution in [2.75, 3.05) is 0 Å². The quantitative estimate of drug-likeness (QED) is 0.159. The zero-order valence-corrected chi connectivity index (χ0v) is 30.6. The third-order valence-electron chi connectivity index (χ3n) is 10.1. The van der Waals surface area contributed by atoms with Crippen LogP contribution >= 0.6 is 33.9 Å². The molecule has 49 heavy (non-hydrogen) atoms. The van der Waals surface area contributed by atoms with Crippen molar-refractivity contribution in [2.45, 2.75) is 27.7 Å². The fourth-order valence-electron chi connectivity index (χ4n) is 7.76. The number of hydrogen-bond acceptors (Lipinski definition) is 1. The van der Waals surface area contributed by atoms with Crippen LogP contribution in [0.15, 0.2) is 121 Å². The van der Waals surface area contributed by atoms with Gasteiger partial charge in [-0.2, -0.15) is 0 Å². The SMILES string of the molecule is Cc1ccc(-n2c3cc(I)ccc3c3sc4cc5c(cc4c32)n(-c2ccc(C)cc2)c2c3ccc(C)cc3n(-c3ccc(C)cc3)c52)cc1. The van der Waals surface area contributed by atoms with E-state index in [-0.39, 0.29) is 0 Å². The molecule has 10 rings (SSSR count). The summed E-state index contributed by atoms with van der Waals surface area (Å²) in [5.41, 5.74) is 16.1. The fourth-order valence-corrected chi connectivity index (χ4v) is 9.48. The number of hydrogen-bond donors (Lipinski definition) is 0. The van der Waals surface area contributed by atoms with E-state index in [1.165, 1.54) is 107 Å². The van der Waals surface area contributed by atoms with Crippen molar-refractivity contribution in [3.63, 3.8) is 0 Å². The molecule has 0 N–H and O–H groups in total. The van der Waals surface area contributed by atoms with Crippen molar-refractivity contribution in [1.82, 2.24) is 13.7 Å². The summed E-state index contributed by atoms with van der Waals surface area (Å²) in [7, 11) is 0. The van der Waals surface area contributed by atoms with Gasteiger partial charge in [0.1, 0.15) is 0 Å². The minimum absolute atomic E-state index is 1.17. The summed E-state index contributed by atoms with van der Waals surface area (Å²) in [4.78, 5) is 0. The summed E-state index contributed by atoms with van der Waals surface area (Å²) in [6.45, 7) is 8.67. The van der Waals surface area contributed by atoms with E-state index in [0.717, 1.165) is 0 Å². The van der Waals surface area contributed by atoms with Gasteiger partial charge in [0.25, 0.3) is 0 Å². The highest BCUT2D eigenvalue weighted by molar-refractivity contribution is 14.1. The molecule has 0 saturated carbocycles. The normalized spacial score (nSPS) is 12.2. The molecule has 10 aromatic rings. The second-order valence-electron chi connectivity index (χ2n) is 13.5. The number of aromatic nitrogens is 3. The van der Waals surface area contributed by atoms with Crippen LogP contribution in [0.5, 0.6) is 0 Å². The number of benzene rings is 6. The Bertz CT molecular complexity index is 2950. The maximum atomic E-state index is 2.51. The molecule has 5 heteroatoms. The van der Waals surface area contributed by atoms with Gasteiger partial charge in [-0.15, -0.1) is 11.3 Å². The number of nitrogens with zero attached hydrogens (tertiary/aromatic N) is 3. The summed E-state index contributed by atoms with van der Waals surface area (Å²) in [5, 5.41) is 5.12. The topological polar surface area (TPSA) is 14.8 Å². The van der Waals surface area contributed by atoms with Gasteiger partial charge in [-0.1, -0.05) is 71.3 Å². The minimum Gasteiger partial charge on any atom is -0.308 e. The maximum absolute atomic E-state index is 2.51. The molecule has 0 atom stereocenters. The van der Waals surface area contributed by atoms with Gasteiger partial charge in [-0.25, -0.2) is 0 Å². The molecule has 236 valence electrons. The Morgan fingerprint density at radius 1 is 0.408 bits per heavy atom. The second-order valence-corrected chi connectivity index (χ2v) is 15.8. The van der Waals surface area contributed by atoms with Gasteiger partial charge < -0.3 is 13.7 Å². The molecule has 0 fully saturated rings. The first-order valence-electron chi connectivity index (χ1n) is 16.7. The Morgan fingerprint density at radius 3 is 1.47 bits per heavy atom. The summed E-state index contributed by atoms with van der Waals surface area (Å²) >= 11 is 4.36. The molecule has 0 saturated heterocycles. The van der Waals surface area contributed by atoms with Gasteiger partial charge in [0.15, 0.2) is 0 Å². The van der Waals surface area contributed by atoms with Gasteiger partial charge >= 0.3 is 0 Å². The first kappa shape index (κ1) is 29.1.